The van der Waals surface area contributed by atoms with Crippen LogP contribution in [-0.2, 0) is 0 Å². The molecule has 0 saturated carbocycles. The molecule has 0 radical (unpaired) electrons. The number of aromatic amines is 1. The lowest BCUT2D eigenvalue weighted by Crippen LogP contribution is -1.93. The normalized spacial score (nSPS) is 10.9. The maximum absolute atomic E-state index is 4.56. The Bertz CT molecular complexity index is 670. The fourth-order valence-electron chi connectivity index (χ4n) is 2.15. The summed E-state index contributed by atoms with van der Waals surface area (Å²) in [5.74, 6) is 0. The zero-order valence-electron chi connectivity index (χ0n) is 9.73. The van der Waals surface area contributed by atoms with Gasteiger partial charge in [0.1, 0.15) is 5.52 Å². The number of aryl methyl sites for hydroxylation is 2. The minimum absolute atomic E-state index is 0.961. The summed E-state index contributed by atoms with van der Waals surface area (Å²) in [5.41, 5.74) is 5.05. The molecule has 84 valence electrons. The maximum Gasteiger partial charge on any atom is 0.104 e. The Hall–Kier alpha value is -2.23. The highest BCUT2D eigenvalue weighted by Gasteiger charge is 2.12. The minimum Gasteiger partial charge on any atom is -0.284 e. The summed E-state index contributed by atoms with van der Waals surface area (Å²) >= 11 is 0. The molecule has 3 rings (SSSR count). The first kappa shape index (κ1) is 9.96. The van der Waals surface area contributed by atoms with Gasteiger partial charge in [0, 0.05) is 46.5 Å². The number of aromatic nitrogens is 4. The van der Waals surface area contributed by atoms with Crippen molar-refractivity contribution in [2.24, 2.45) is 0 Å². The second-order valence-corrected chi connectivity index (χ2v) is 4.05. The van der Waals surface area contributed by atoms with Crippen molar-refractivity contribution in [3.63, 3.8) is 0 Å². The number of H-pyrrole nitrogens is 1. The topological polar surface area (TPSA) is 54.5 Å². The van der Waals surface area contributed by atoms with E-state index in [2.05, 4.69) is 20.2 Å². The van der Waals surface area contributed by atoms with Gasteiger partial charge in [-0.2, -0.15) is 5.10 Å². The molecule has 0 fully saturated rings. The van der Waals surface area contributed by atoms with Crippen molar-refractivity contribution in [3.8, 4) is 11.1 Å². The molecule has 4 nitrogen and oxygen atoms in total. The summed E-state index contributed by atoms with van der Waals surface area (Å²) in [7, 11) is 0. The van der Waals surface area contributed by atoms with E-state index in [4.69, 9.17) is 0 Å². The first-order valence-corrected chi connectivity index (χ1v) is 5.48. The van der Waals surface area contributed by atoms with Crippen LogP contribution in [0.15, 0.2) is 30.7 Å². The van der Waals surface area contributed by atoms with Gasteiger partial charge in [-0.15, -0.1) is 0 Å². The van der Waals surface area contributed by atoms with Crippen molar-refractivity contribution in [2.75, 3.05) is 0 Å². The number of pyridine rings is 2. The monoisotopic (exact) mass is 224 g/mol. The lowest BCUT2D eigenvalue weighted by Gasteiger charge is -2.07. The molecular formula is C13H12N4. The van der Waals surface area contributed by atoms with Crippen LogP contribution in [0.5, 0.6) is 0 Å². The molecule has 4 heteroatoms. The summed E-state index contributed by atoms with van der Waals surface area (Å²) < 4.78 is 0. The molecule has 0 spiro atoms. The van der Waals surface area contributed by atoms with Gasteiger partial charge in [-0.05, 0) is 19.9 Å². The van der Waals surface area contributed by atoms with Gasteiger partial charge >= 0.3 is 0 Å². The molecule has 17 heavy (non-hydrogen) atoms. The Labute approximate surface area is 98.7 Å². The van der Waals surface area contributed by atoms with Crippen LogP contribution in [0.2, 0.25) is 0 Å². The van der Waals surface area contributed by atoms with E-state index in [1.807, 2.05) is 38.4 Å². The average Bonchev–Trinajstić information content (AvgIpc) is 2.79. The van der Waals surface area contributed by atoms with Crippen molar-refractivity contribution in [1.82, 2.24) is 20.2 Å². The van der Waals surface area contributed by atoms with E-state index in [9.17, 15) is 0 Å². The summed E-state index contributed by atoms with van der Waals surface area (Å²) in [6.07, 6.45) is 5.49. The van der Waals surface area contributed by atoms with Gasteiger partial charge in [-0.25, -0.2) is 0 Å². The van der Waals surface area contributed by atoms with Gasteiger partial charge in [-0.3, -0.25) is 15.1 Å². The smallest absolute Gasteiger partial charge is 0.104 e. The molecular weight excluding hydrogens is 212 g/mol. The van der Waals surface area contributed by atoms with Crippen LogP contribution in [0, 0.1) is 13.8 Å². The largest absolute Gasteiger partial charge is 0.284 e. The fourth-order valence-corrected chi connectivity index (χ4v) is 2.15. The molecule has 3 aromatic heterocycles. The number of hydrogen-bond acceptors (Lipinski definition) is 3. The van der Waals surface area contributed by atoms with E-state index >= 15 is 0 Å². The molecule has 0 bridgehead atoms. The molecule has 0 atom stereocenters. The van der Waals surface area contributed by atoms with Crippen LogP contribution in [0.1, 0.15) is 11.4 Å². The summed E-state index contributed by atoms with van der Waals surface area (Å²) in [5, 5.41) is 8.29. The molecule has 0 aliphatic carbocycles. The highest BCUT2D eigenvalue weighted by Crippen LogP contribution is 2.29. The van der Waals surface area contributed by atoms with Crippen molar-refractivity contribution < 1.29 is 0 Å². The van der Waals surface area contributed by atoms with E-state index in [1.165, 1.54) is 0 Å². The first-order chi connectivity index (χ1) is 8.27. The molecule has 0 aliphatic heterocycles. The summed E-state index contributed by atoms with van der Waals surface area (Å²) in [4.78, 5) is 8.71. The Morgan fingerprint density at radius 2 is 2.06 bits per heavy atom. The van der Waals surface area contributed by atoms with Gasteiger partial charge in [0.2, 0.25) is 0 Å². The quantitative estimate of drug-likeness (QED) is 0.691. The highest BCUT2D eigenvalue weighted by atomic mass is 15.1. The van der Waals surface area contributed by atoms with Crippen LogP contribution >= 0.6 is 0 Å². The average molecular weight is 224 g/mol. The lowest BCUT2D eigenvalue weighted by molar-refractivity contribution is 1.11. The molecule has 3 aromatic rings. The minimum atomic E-state index is 0.961. The first-order valence-electron chi connectivity index (χ1n) is 5.48. The van der Waals surface area contributed by atoms with Gasteiger partial charge in [0.05, 0.1) is 0 Å². The van der Waals surface area contributed by atoms with Crippen LogP contribution in [0.25, 0.3) is 22.0 Å². The Morgan fingerprint density at radius 3 is 2.82 bits per heavy atom. The van der Waals surface area contributed by atoms with E-state index in [0.29, 0.717) is 0 Å². The van der Waals surface area contributed by atoms with E-state index < -0.39 is 0 Å². The van der Waals surface area contributed by atoms with E-state index in [0.717, 1.165) is 33.4 Å². The predicted molar refractivity (Wildman–Crippen MR) is 66.6 cm³/mol. The van der Waals surface area contributed by atoms with Crippen molar-refractivity contribution in [2.45, 2.75) is 13.8 Å². The Balaban J connectivity index is 2.40. The van der Waals surface area contributed by atoms with Crippen LogP contribution in [-0.4, -0.2) is 20.2 Å². The van der Waals surface area contributed by atoms with Gasteiger partial charge < -0.3 is 0 Å². The third-order valence-electron chi connectivity index (χ3n) is 2.91. The highest BCUT2D eigenvalue weighted by molar-refractivity contribution is 5.95. The Morgan fingerprint density at radius 1 is 1.18 bits per heavy atom. The fraction of sp³-hybridized carbons (Fsp3) is 0.154. The third-order valence-corrected chi connectivity index (χ3v) is 2.91. The molecule has 0 saturated heterocycles. The van der Waals surface area contributed by atoms with Crippen molar-refractivity contribution in [3.05, 3.63) is 42.1 Å². The zero-order valence-corrected chi connectivity index (χ0v) is 9.73. The van der Waals surface area contributed by atoms with Gasteiger partial charge in [-0.1, -0.05) is 6.07 Å². The third kappa shape index (κ3) is 1.49. The van der Waals surface area contributed by atoms with Crippen molar-refractivity contribution in [1.29, 1.82) is 0 Å². The second-order valence-electron chi connectivity index (χ2n) is 4.05. The van der Waals surface area contributed by atoms with Crippen LogP contribution in [0.3, 0.4) is 0 Å². The summed E-state index contributed by atoms with van der Waals surface area (Å²) in [6.45, 7) is 4.00. The number of nitrogens with zero attached hydrogens (tertiary/aromatic N) is 3. The number of nitrogens with one attached hydrogen (secondary N) is 1. The molecule has 1 N–H and O–H groups in total. The Kier molecular flexibility index (Phi) is 2.14. The number of fused-ring (bicyclic) bond motifs is 1. The van der Waals surface area contributed by atoms with E-state index in [-0.39, 0.29) is 0 Å². The van der Waals surface area contributed by atoms with Gasteiger partial charge in [0.15, 0.2) is 0 Å². The lowest BCUT2D eigenvalue weighted by atomic mass is 10.0. The molecule has 0 unspecified atom stereocenters. The molecule has 0 aromatic carbocycles. The van der Waals surface area contributed by atoms with E-state index in [1.54, 1.807) is 6.20 Å². The van der Waals surface area contributed by atoms with Gasteiger partial charge in [0.25, 0.3) is 0 Å². The summed E-state index contributed by atoms with van der Waals surface area (Å²) in [6, 6.07) is 3.95. The predicted octanol–water partition coefficient (Wildman–Crippen LogP) is 2.64. The number of rotatable bonds is 1. The van der Waals surface area contributed by atoms with Crippen LogP contribution < -0.4 is 0 Å². The van der Waals surface area contributed by atoms with Crippen molar-refractivity contribution >= 4 is 10.9 Å². The maximum atomic E-state index is 4.56. The molecule has 0 aliphatic rings. The standard InChI is InChI=1S/C13H12N4/c1-8-11-7-15-17-13(11)12(9(2)16-8)10-4-3-5-14-6-10/h3-7H,1-2H3,(H,15,17). The SMILES string of the molecule is Cc1nc(C)c2c[nH]nc2c1-c1cccnc1. The molecule has 3 heterocycles. The zero-order chi connectivity index (χ0) is 11.8. The second kappa shape index (κ2) is 3.66. The number of hydrogen-bond donors (Lipinski definition) is 1. The van der Waals surface area contributed by atoms with Crippen LogP contribution in [0.4, 0.5) is 0 Å². The molecule has 0 amide bonds.